The van der Waals surface area contributed by atoms with E-state index in [4.69, 9.17) is 5.73 Å². The maximum absolute atomic E-state index is 13.3. The zero-order chi connectivity index (χ0) is 13.5. The Morgan fingerprint density at radius 1 is 1.37 bits per heavy atom. The van der Waals surface area contributed by atoms with Gasteiger partial charge in [-0.15, -0.1) is 0 Å². The molecule has 2 aliphatic rings. The fourth-order valence-corrected chi connectivity index (χ4v) is 3.26. The van der Waals surface area contributed by atoms with Crippen molar-refractivity contribution >= 4 is 11.6 Å². The fourth-order valence-electron chi connectivity index (χ4n) is 3.26. The van der Waals surface area contributed by atoms with Gasteiger partial charge in [-0.3, -0.25) is 4.79 Å². The molecule has 1 saturated carbocycles. The number of rotatable bonds is 2. The minimum atomic E-state index is -0.340. The third kappa shape index (κ3) is 2.37. The highest BCUT2D eigenvalue weighted by Gasteiger charge is 2.35. The molecule has 0 saturated heterocycles. The molecule has 1 aromatic carbocycles. The average Bonchev–Trinajstić information content (AvgIpc) is 2.95. The van der Waals surface area contributed by atoms with Crippen molar-refractivity contribution in [3.63, 3.8) is 0 Å². The van der Waals surface area contributed by atoms with Gasteiger partial charge in [-0.1, -0.05) is 18.9 Å². The molecule has 0 unspecified atom stereocenters. The highest BCUT2D eigenvalue weighted by Crippen LogP contribution is 2.34. The van der Waals surface area contributed by atoms with Crippen LogP contribution < -0.4 is 10.6 Å². The van der Waals surface area contributed by atoms with Crippen LogP contribution in [0, 0.1) is 5.82 Å². The van der Waals surface area contributed by atoms with E-state index in [0.717, 1.165) is 43.4 Å². The Balaban J connectivity index is 1.77. The summed E-state index contributed by atoms with van der Waals surface area (Å²) in [6.07, 6.45) is 5.23. The highest BCUT2D eigenvalue weighted by atomic mass is 19.1. The zero-order valence-corrected chi connectivity index (χ0v) is 11.0. The molecule has 1 aromatic rings. The van der Waals surface area contributed by atoms with Crippen molar-refractivity contribution in [2.45, 2.75) is 44.1 Å². The number of anilines is 1. The van der Waals surface area contributed by atoms with Gasteiger partial charge in [0.05, 0.1) is 0 Å². The molecule has 0 bridgehead atoms. The second-order valence-electron chi connectivity index (χ2n) is 5.81. The van der Waals surface area contributed by atoms with Crippen LogP contribution in [0.2, 0.25) is 0 Å². The Hall–Kier alpha value is -1.42. The number of amides is 1. The molecule has 1 aliphatic heterocycles. The quantitative estimate of drug-likeness (QED) is 0.889. The first kappa shape index (κ1) is 12.6. The van der Waals surface area contributed by atoms with Crippen molar-refractivity contribution in [3.8, 4) is 0 Å². The number of benzene rings is 1. The highest BCUT2D eigenvalue weighted by molar-refractivity contribution is 5.96. The molecule has 1 amide bonds. The van der Waals surface area contributed by atoms with E-state index in [0.29, 0.717) is 13.0 Å². The summed E-state index contributed by atoms with van der Waals surface area (Å²) < 4.78 is 13.3. The number of hydrogen-bond acceptors (Lipinski definition) is 2. The predicted molar refractivity (Wildman–Crippen MR) is 72.5 cm³/mol. The molecule has 1 aliphatic carbocycles. The molecule has 0 atom stereocenters. The number of nitrogens with two attached hydrogens (primary N) is 1. The third-order valence-corrected chi connectivity index (χ3v) is 4.35. The number of halogens is 1. The Bertz CT molecular complexity index is 509. The van der Waals surface area contributed by atoms with E-state index in [1.165, 1.54) is 12.1 Å². The smallest absolute Gasteiger partial charge is 0.228 e. The monoisotopic (exact) mass is 262 g/mol. The molecule has 19 heavy (non-hydrogen) atoms. The van der Waals surface area contributed by atoms with Crippen LogP contribution in [0.25, 0.3) is 0 Å². The summed E-state index contributed by atoms with van der Waals surface area (Å²) in [5, 5.41) is 0. The lowest BCUT2D eigenvalue weighted by Crippen LogP contribution is -2.43. The summed E-state index contributed by atoms with van der Waals surface area (Å²) in [6, 6.07) is 4.68. The molecule has 0 aromatic heterocycles. The number of carbonyl (C=O) groups is 1. The average molecular weight is 262 g/mol. The van der Waals surface area contributed by atoms with Gasteiger partial charge in [0.1, 0.15) is 5.82 Å². The summed E-state index contributed by atoms with van der Waals surface area (Å²) in [5.41, 5.74) is 7.69. The molecule has 4 heteroatoms. The summed E-state index contributed by atoms with van der Waals surface area (Å²) in [4.78, 5) is 14.1. The number of hydrogen-bond donors (Lipinski definition) is 1. The lowest BCUT2D eigenvalue weighted by molar-refractivity contribution is -0.119. The Kier molecular flexibility index (Phi) is 3.05. The Labute approximate surface area is 112 Å². The summed E-state index contributed by atoms with van der Waals surface area (Å²) in [5.74, 6) is -0.254. The first-order chi connectivity index (χ1) is 9.07. The van der Waals surface area contributed by atoms with Crippen LogP contribution in [0.3, 0.4) is 0 Å². The van der Waals surface area contributed by atoms with Crippen molar-refractivity contribution in [1.82, 2.24) is 0 Å². The fraction of sp³-hybridized carbons (Fsp3) is 0.533. The van der Waals surface area contributed by atoms with Gasteiger partial charge in [0, 0.05) is 24.2 Å². The molecule has 3 nitrogen and oxygen atoms in total. The van der Waals surface area contributed by atoms with Gasteiger partial charge in [0.25, 0.3) is 0 Å². The van der Waals surface area contributed by atoms with Crippen LogP contribution >= 0.6 is 0 Å². The van der Waals surface area contributed by atoms with E-state index in [-0.39, 0.29) is 17.3 Å². The van der Waals surface area contributed by atoms with Crippen molar-refractivity contribution < 1.29 is 9.18 Å². The maximum atomic E-state index is 13.3. The second-order valence-corrected chi connectivity index (χ2v) is 5.81. The van der Waals surface area contributed by atoms with Crippen molar-refractivity contribution in [1.29, 1.82) is 0 Å². The van der Waals surface area contributed by atoms with E-state index < -0.39 is 0 Å². The second kappa shape index (κ2) is 4.60. The van der Waals surface area contributed by atoms with Crippen LogP contribution in [-0.4, -0.2) is 18.0 Å². The minimum absolute atomic E-state index is 0.0359. The summed E-state index contributed by atoms with van der Waals surface area (Å²) in [6.45, 7) is 0.647. The topological polar surface area (TPSA) is 46.3 Å². The van der Waals surface area contributed by atoms with Gasteiger partial charge in [0.2, 0.25) is 5.91 Å². The number of carbonyl (C=O) groups excluding carboxylic acids is 1. The van der Waals surface area contributed by atoms with Gasteiger partial charge in [-0.05, 0) is 37.0 Å². The van der Waals surface area contributed by atoms with E-state index in [1.807, 2.05) is 0 Å². The van der Waals surface area contributed by atoms with E-state index in [1.54, 1.807) is 11.0 Å². The first-order valence-electron chi connectivity index (χ1n) is 6.95. The van der Waals surface area contributed by atoms with Crippen molar-refractivity contribution in [2.24, 2.45) is 5.73 Å². The van der Waals surface area contributed by atoms with E-state index in [2.05, 4.69) is 0 Å². The molecule has 102 valence electrons. The van der Waals surface area contributed by atoms with Crippen LogP contribution in [0.5, 0.6) is 0 Å². The van der Waals surface area contributed by atoms with E-state index >= 15 is 0 Å². The van der Waals surface area contributed by atoms with Gasteiger partial charge >= 0.3 is 0 Å². The minimum Gasteiger partial charge on any atom is -0.325 e. The van der Waals surface area contributed by atoms with Crippen LogP contribution in [0.1, 0.15) is 37.7 Å². The molecular formula is C15H19FN2O. The molecule has 0 spiro atoms. The Morgan fingerprint density at radius 3 is 2.84 bits per heavy atom. The van der Waals surface area contributed by atoms with Gasteiger partial charge in [-0.2, -0.15) is 0 Å². The summed E-state index contributed by atoms with van der Waals surface area (Å²) in [7, 11) is 0. The van der Waals surface area contributed by atoms with Crippen molar-refractivity contribution in [3.05, 3.63) is 29.6 Å². The van der Waals surface area contributed by atoms with Crippen LogP contribution in [0.15, 0.2) is 18.2 Å². The zero-order valence-electron chi connectivity index (χ0n) is 11.0. The van der Waals surface area contributed by atoms with Crippen LogP contribution in [-0.2, 0) is 11.2 Å². The first-order valence-corrected chi connectivity index (χ1v) is 6.95. The standard InChI is InChI=1S/C15H19FN2O/c16-12-4-3-11-5-8-18(13(11)9-12)14(19)10-15(17)6-1-2-7-15/h3-4,9H,1-2,5-8,10,17H2. The predicted octanol–water partition coefficient (Wildman–Crippen LogP) is 2.38. The molecular weight excluding hydrogens is 243 g/mol. The van der Waals surface area contributed by atoms with Gasteiger partial charge in [0.15, 0.2) is 0 Å². The molecule has 1 fully saturated rings. The lowest BCUT2D eigenvalue weighted by Gasteiger charge is -2.26. The third-order valence-electron chi connectivity index (χ3n) is 4.35. The van der Waals surface area contributed by atoms with Gasteiger partial charge < -0.3 is 10.6 Å². The van der Waals surface area contributed by atoms with E-state index in [9.17, 15) is 9.18 Å². The number of fused-ring (bicyclic) bond motifs is 1. The molecule has 3 rings (SSSR count). The summed E-state index contributed by atoms with van der Waals surface area (Å²) >= 11 is 0. The van der Waals surface area contributed by atoms with Crippen molar-refractivity contribution in [2.75, 3.05) is 11.4 Å². The molecule has 0 radical (unpaired) electrons. The Morgan fingerprint density at radius 2 is 2.11 bits per heavy atom. The lowest BCUT2D eigenvalue weighted by atomic mass is 9.94. The molecule has 2 N–H and O–H groups in total. The SMILES string of the molecule is NC1(CC(=O)N2CCc3ccc(F)cc32)CCCC1. The molecule has 1 heterocycles. The number of nitrogens with zero attached hydrogens (tertiary/aromatic N) is 1. The maximum Gasteiger partial charge on any atom is 0.228 e. The largest absolute Gasteiger partial charge is 0.325 e. The van der Waals surface area contributed by atoms with Crippen LogP contribution in [0.4, 0.5) is 10.1 Å². The van der Waals surface area contributed by atoms with Gasteiger partial charge in [-0.25, -0.2) is 4.39 Å². The normalized spacial score (nSPS) is 20.6.